The molecular formula is C105H178. The Hall–Kier alpha value is -4.68. The number of aryl methyl sites for hydroxylation is 5. The third-order valence-corrected chi connectivity index (χ3v) is 23.4. The van der Waals surface area contributed by atoms with Crippen LogP contribution in [0, 0.1) is 111 Å². The third kappa shape index (κ3) is 47.8. The fourth-order valence-corrected chi connectivity index (χ4v) is 14.6. The Kier molecular flexibility index (Phi) is 56.8. The van der Waals surface area contributed by atoms with Crippen molar-refractivity contribution in [2.75, 3.05) is 0 Å². The SMILES string of the molecule is C.C.C.CC(C)C1CC1c1ccccc1.CC(C)C1CCCCC1.CC(C)CCc1ccccc1.CC1CCC(C(C)C)CC1.CC1CCC(C(C)C)CC1.CC1CCC(C(C)C)CC1.Cc1ccc(C(C)C)cc1.Cc1ccc(C(C)C)cc1.Cc1ccc(C(C)C)cc1.Cc1ccc(C(C)C)cc1. The van der Waals surface area contributed by atoms with Gasteiger partial charge in [-0.05, 0) is 231 Å². The van der Waals surface area contributed by atoms with Crippen LogP contribution in [0.1, 0.15) is 389 Å². The van der Waals surface area contributed by atoms with Gasteiger partial charge in [-0.15, -0.1) is 0 Å². The lowest BCUT2D eigenvalue weighted by atomic mass is 9.78. The minimum atomic E-state index is 0. The highest BCUT2D eigenvalue weighted by molar-refractivity contribution is 5.28. The second-order valence-corrected chi connectivity index (χ2v) is 36.3. The van der Waals surface area contributed by atoms with E-state index in [1.165, 1.54) is 184 Å². The third-order valence-electron chi connectivity index (χ3n) is 23.4. The normalized spacial score (nSPS) is 20.1. The molecule has 5 aliphatic rings. The Labute approximate surface area is 659 Å². The van der Waals surface area contributed by atoms with Crippen LogP contribution in [0.3, 0.4) is 0 Å². The predicted octanol–water partition coefficient (Wildman–Crippen LogP) is 34.7. The van der Waals surface area contributed by atoms with E-state index >= 15 is 0 Å². The maximum atomic E-state index is 2.39. The first kappa shape index (κ1) is 102. The van der Waals surface area contributed by atoms with Gasteiger partial charge in [-0.2, -0.15) is 0 Å². The zero-order valence-corrected chi connectivity index (χ0v) is 72.1. The van der Waals surface area contributed by atoms with E-state index in [0.717, 1.165) is 88.8 Å². The van der Waals surface area contributed by atoms with E-state index < -0.39 is 0 Å². The van der Waals surface area contributed by atoms with Crippen LogP contribution in [-0.4, -0.2) is 0 Å². The van der Waals surface area contributed by atoms with E-state index in [-0.39, 0.29) is 22.3 Å². The van der Waals surface area contributed by atoms with E-state index in [4.69, 9.17) is 0 Å². The first-order valence-corrected chi connectivity index (χ1v) is 42.6. The molecule has 0 aromatic heterocycles. The van der Waals surface area contributed by atoms with Crippen molar-refractivity contribution in [2.45, 2.75) is 367 Å². The van der Waals surface area contributed by atoms with Gasteiger partial charge in [0, 0.05) is 0 Å². The van der Waals surface area contributed by atoms with Crippen LogP contribution in [0.2, 0.25) is 0 Å². The fourth-order valence-electron chi connectivity index (χ4n) is 14.6. The summed E-state index contributed by atoms with van der Waals surface area (Å²) in [4.78, 5) is 0. The number of benzene rings is 6. The molecule has 5 saturated carbocycles. The molecule has 5 aliphatic carbocycles. The van der Waals surface area contributed by atoms with Gasteiger partial charge < -0.3 is 0 Å². The van der Waals surface area contributed by atoms with Crippen molar-refractivity contribution in [2.24, 2.45) is 82.9 Å². The molecule has 6 aromatic rings. The maximum absolute atomic E-state index is 2.39. The molecule has 0 saturated heterocycles. The average Bonchev–Trinajstić information content (AvgIpc) is 1.65. The minimum absolute atomic E-state index is 0. The van der Waals surface area contributed by atoms with Gasteiger partial charge in [-0.25, -0.2) is 0 Å². The molecule has 2 unspecified atom stereocenters. The first-order valence-electron chi connectivity index (χ1n) is 42.6. The largest absolute Gasteiger partial charge is 0.0776 e. The lowest BCUT2D eigenvalue weighted by Crippen LogP contribution is -2.16. The van der Waals surface area contributed by atoms with Crippen molar-refractivity contribution < 1.29 is 0 Å². The van der Waals surface area contributed by atoms with Gasteiger partial charge >= 0.3 is 0 Å². The molecule has 0 heterocycles. The van der Waals surface area contributed by atoms with E-state index in [9.17, 15) is 0 Å². The smallest absolute Gasteiger partial charge is 0.0128 e. The van der Waals surface area contributed by atoms with Gasteiger partial charge in [-0.1, -0.05) is 432 Å². The summed E-state index contributed by atoms with van der Waals surface area (Å²) in [5, 5.41) is 0. The van der Waals surface area contributed by atoms with Crippen LogP contribution in [0.5, 0.6) is 0 Å². The summed E-state index contributed by atoms with van der Waals surface area (Å²) in [5.74, 6) is 17.0. The van der Waals surface area contributed by atoms with Crippen molar-refractivity contribution in [1.82, 2.24) is 0 Å². The molecule has 0 amide bonds. The fraction of sp³-hybridized carbons (Fsp3) is 0.657. The highest BCUT2D eigenvalue weighted by atomic mass is 14.4. The molecule has 105 heavy (non-hydrogen) atoms. The molecule has 0 N–H and O–H groups in total. The second-order valence-electron chi connectivity index (χ2n) is 36.3. The average molecular weight is 1440 g/mol. The Balaban J connectivity index is 0. The summed E-state index contributed by atoms with van der Waals surface area (Å²) in [7, 11) is 0. The minimum Gasteiger partial charge on any atom is -0.0776 e. The predicted molar refractivity (Wildman–Crippen MR) is 482 cm³/mol. The molecule has 0 spiro atoms. The Bertz CT molecular complexity index is 2580. The highest BCUT2D eigenvalue weighted by Crippen LogP contribution is 2.51. The molecule has 0 aliphatic heterocycles. The molecule has 0 bridgehead atoms. The van der Waals surface area contributed by atoms with Gasteiger partial charge in [0.15, 0.2) is 0 Å². The molecular weight excluding hydrogens is 1260 g/mol. The summed E-state index contributed by atoms with van der Waals surface area (Å²) < 4.78 is 0. The van der Waals surface area contributed by atoms with Crippen molar-refractivity contribution in [3.05, 3.63) is 213 Å². The quantitative estimate of drug-likeness (QED) is 0.108. The first-order chi connectivity index (χ1) is 48.3. The molecule has 0 radical (unpaired) electrons. The highest BCUT2D eigenvalue weighted by Gasteiger charge is 2.40. The van der Waals surface area contributed by atoms with Crippen LogP contribution in [0.15, 0.2) is 158 Å². The van der Waals surface area contributed by atoms with Gasteiger partial charge in [0.25, 0.3) is 0 Å². The van der Waals surface area contributed by atoms with Crippen LogP contribution in [0.4, 0.5) is 0 Å². The Morgan fingerprint density at radius 3 is 0.733 bits per heavy atom. The van der Waals surface area contributed by atoms with E-state index in [1.807, 2.05) is 0 Å². The van der Waals surface area contributed by atoms with Crippen molar-refractivity contribution in [3.8, 4) is 0 Å². The zero-order valence-electron chi connectivity index (χ0n) is 72.1. The number of hydrogen-bond acceptors (Lipinski definition) is 0. The Morgan fingerprint density at radius 1 is 0.276 bits per heavy atom. The molecule has 0 heteroatoms. The lowest BCUT2D eigenvalue weighted by molar-refractivity contribution is 0.234. The van der Waals surface area contributed by atoms with Gasteiger partial charge in [0.1, 0.15) is 0 Å². The maximum Gasteiger partial charge on any atom is -0.0128 e. The summed E-state index contributed by atoms with van der Waals surface area (Å²) in [6, 6.07) is 56.4. The monoisotopic (exact) mass is 1440 g/mol. The van der Waals surface area contributed by atoms with Crippen LogP contribution >= 0.6 is 0 Å². The van der Waals surface area contributed by atoms with Gasteiger partial charge in [0.05, 0.1) is 0 Å². The molecule has 598 valence electrons. The van der Waals surface area contributed by atoms with Crippen molar-refractivity contribution >= 4 is 0 Å². The van der Waals surface area contributed by atoms with Gasteiger partial charge in [0.2, 0.25) is 0 Å². The number of rotatable bonds is 13. The van der Waals surface area contributed by atoms with E-state index in [1.54, 1.807) is 0 Å². The summed E-state index contributed by atoms with van der Waals surface area (Å²) >= 11 is 0. The molecule has 11 rings (SSSR count). The summed E-state index contributed by atoms with van der Waals surface area (Å²) in [5.41, 5.74) is 14.0. The number of hydrogen-bond donors (Lipinski definition) is 0. The lowest BCUT2D eigenvalue weighted by Gasteiger charge is -2.28. The molecule has 2 atom stereocenters. The van der Waals surface area contributed by atoms with Crippen LogP contribution in [0.25, 0.3) is 0 Å². The second kappa shape index (κ2) is 58.3. The van der Waals surface area contributed by atoms with Crippen molar-refractivity contribution in [3.63, 3.8) is 0 Å². The van der Waals surface area contributed by atoms with Gasteiger partial charge in [-0.3, -0.25) is 0 Å². The van der Waals surface area contributed by atoms with Crippen molar-refractivity contribution in [1.29, 1.82) is 0 Å². The molecule has 5 fully saturated rings. The Morgan fingerprint density at radius 2 is 0.524 bits per heavy atom. The topological polar surface area (TPSA) is 0 Å². The molecule has 0 nitrogen and oxygen atoms in total. The standard InChI is InChI=1S/C12H16.C11H16.3C10H20.4C10H14.C9H18.3CH4/c1-9(2)11-8-12(11)10-6-4-3-5-7-10;1-10(2)8-9-11-6-4-3-5-7-11;7*1-8(2)10-6-4-9(3)5-7-10;1-8(2)9-6-4-3-5-7-9;;;/h3-7,9,11-12H,8H2,1-2H3;3-7,10H,8-9H2,1-2H3;3*8-10H,4-7H2,1-3H3;4*4-8H,1-3H3;8-9H,3-7H2,1-2H3;3*1H4. The zero-order chi connectivity index (χ0) is 76.3. The van der Waals surface area contributed by atoms with E-state index in [2.05, 4.69) is 345 Å². The van der Waals surface area contributed by atoms with Crippen LogP contribution < -0.4 is 0 Å². The summed E-state index contributed by atoms with van der Waals surface area (Å²) in [6.07, 6.45) is 29.1. The summed E-state index contributed by atoms with van der Waals surface area (Å²) in [6.45, 7) is 61.4. The van der Waals surface area contributed by atoms with Crippen LogP contribution in [-0.2, 0) is 6.42 Å². The molecule has 6 aromatic carbocycles. The van der Waals surface area contributed by atoms with E-state index in [0.29, 0.717) is 23.7 Å².